The van der Waals surface area contributed by atoms with Gasteiger partial charge in [-0.25, -0.2) is 14.6 Å². The Morgan fingerprint density at radius 2 is 1.62 bits per heavy atom. The van der Waals surface area contributed by atoms with Crippen molar-refractivity contribution in [3.63, 3.8) is 0 Å². The van der Waals surface area contributed by atoms with Crippen molar-refractivity contribution in [2.24, 2.45) is 5.41 Å². The zero-order chi connectivity index (χ0) is 37.4. The first-order chi connectivity index (χ1) is 26.7. The number of piperidine rings is 1. The van der Waals surface area contributed by atoms with Crippen molar-refractivity contribution in [2.45, 2.75) is 62.9 Å². The Morgan fingerprint density at radius 1 is 0.873 bits per heavy atom. The van der Waals surface area contributed by atoms with Crippen LogP contribution >= 0.6 is 0 Å². The number of aliphatic hydroxyl groups excluding tert-OH is 1. The number of carbonyl (C=O) groups is 3. The minimum absolute atomic E-state index is 0.137. The van der Waals surface area contributed by atoms with Gasteiger partial charge in [-0.3, -0.25) is 29.5 Å². The molecule has 2 atom stereocenters. The highest BCUT2D eigenvalue weighted by molar-refractivity contribution is 6.06. The summed E-state index contributed by atoms with van der Waals surface area (Å²) in [5, 5.41) is 19.3. The molecule has 4 N–H and O–H groups in total. The number of ether oxygens (including phenoxy) is 1. The van der Waals surface area contributed by atoms with E-state index < -0.39 is 18.2 Å². The fourth-order valence-corrected chi connectivity index (χ4v) is 9.32. The molecule has 14 heteroatoms. The smallest absolute Gasteiger partial charge is 0.257 e. The van der Waals surface area contributed by atoms with Gasteiger partial charge in [0.1, 0.15) is 35.4 Å². The molecule has 55 heavy (non-hydrogen) atoms. The van der Waals surface area contributed by atoms with Gasteiger partial charge in [0.05, 0.1) is 11.4 Å². The van der Waals surface area contributed by atoms with Gasteiger partial charge in [0, 0.05) is 61.0 Å². The number of nitrogens with zero attached hydrogens (tertiary/aromatic N) is 7. The molecule has 14 nitrogen and oxygen atoms in total. The summed E-state index contributed by atoms with van der Waals surface area (Å²) in [5.41, 5.74) is 11.1. The number of aromatic nitrogens is 4. The molecule has 2 aromatic heterocycles. The number of nitrogens with one attached hydrogen (secondary N) is 1. The Kier molecular flexibility index (Phi) is 7.89. The number of para-hydroxylation sites is 1. The van der Waals surface area contributed by atoms with Gasteiger partial charge in [-0.05, 0) is 92.1 Å². The molecule has 1 aliphatic carbocycles. The third kappa shape index (κ3) is 5.70. The monoisotopic (exact) mass is 739 g/mol. The van der Waals surface area contributed by atoms with Crippen molar-refractivity contribution in [3.8, 4) is 22.8 Å². The van der Waals surface area contributed by atoms with Crippen molar-refractivity contribution in [3.05, 3.63) is 90.3 Å². The Bertz CT molecular complexity index is 2330. The normalized spacial score (nSPS) is 22.8. The van der Waals surface area contributed by atoms with Crippen LogP contribution in [0, 0.1) is 5.41 Å². The molecule has 4 aliphatic heterocycles. The highest BCUT2D eigenvalue weighted by Gasteiger charge is 2.50. The molecule has 3 amide bonds. The van der Waals surface area contributed by atoms with Gasteiger partial charge in [-0.15, -0.1) is 0 Å². The maximum atomic E-state index is 13.2. The molecule has 280 valence electrons. The number of fused-ring (bicyclic) bond motifs is 2. The number of imide groups is 1. The minimum atomic E-state index is -1.23. The third-order valence-electron chi connectivity index (χ3n) is 12.4. The quantitative estimate of drug-likeness (QED) is 0.202. The number of amides is 3. The van der Waals surface area contributed by atoms with Crippen LogP contribution in [0.15, 0.2) is 79.1 Å². The Labute approximate surface area is 316 Å². The molecule has 10 rings (SSSR count). The summed E-state index contributed by atoms with van der Waals surface area (Å²) in [6.07, 6.45) is 4.90. The second-order valence-corrected chi connectivity index (χ2v) is 15.7. The number of anilines is 2. The lowest BCUT2D eigenvalue weighted by molar-refractivity contribution is -0.139. The van der Waals surface area contributed by atoms with Gasteiger partial charge in [0.25, 0.3) is 5.91 Å². The highest BCUT2D eigenvalue weighted by atomic mass is 16.5. The molecule has 1 spiro atoms. The molecular weight excluding hydrogens is 699 g/mol. The van der Waals surface area contributed by atoms with E-state index in [0.717, 1.165) is 91.3 Å². The van der Waals surface area contributed by atoms with E-state index in [1.165, 1.54) is 11.2 Å². The van der Waals surface area contributed by atoms with E-state index in [1.807, 2.05) is 66.7 Å². The standard InChI is InChI=1S/C41H41N9O5/c42-36-34-35(24-6-9-29(10-7-24)55-28-4-2-1-3-5-28)46-50(37(34)44-23-43-36)25-14-16-41(17-15-25)21-48(22-41)27-19-47(20-27)26-8-11-30-31(18-26)40(54)49(39(30)53)32-12-13-33(51)45-38(32)52/h1-11,18,23,25,27,32,40,54H,12-17,19-22H2,(H2,42,43,44)(H,45,51,52). The van der Waals surface area contributed by atoms with Crippen LogP contribution in [0.3, 0.4) is 0 Å². The van der Waals surface area contributed by atoms with Crippen LogP contribution in [0.1, 0.15) is 66.7 Å². The van der Waals surface area contributed by atoms with E-state index in [4.69, 9.17) is 15.6 Å². The van der Waals surface area contributed by atoms with Crippen LogP contribution in [0.5, 0.6) is 11.5 Å². The van der Waals surface area contributed by atoms with Gasteiger partial charge < -0.3 is 20.5 Å². The van der Waals surface area contributed by atoms with Crippen LogP contribution in [-0.2, 0) is 9.59 Å². The number of nitrogen functional groups attached to an aromatic ring is 1. The zero-order valence-electron chi connectivity index (χ0n) is 30.2. The summed E-state index contributed by atoms with van der Waals surface area (Å²) in [4.78, 5) is 52.4. The number of aliphatic hydroxyl groups is 1. The molecule has 4 fully saturated rings. The molecule has 5 aliphatic rings. The van der Waals surface area contributed by atoms with E-state index in [0.29, 0.717) is 28.4 Å². The second-order valence-electron chi connectivity index (χ2n) is 15.7. The molecular formula is C41H41N9O5. The van der Waals surface area contributed by atoms with Crippen molar-refractivity contribution < 1.29 is 24.2 Å². The van der Waals surface area contributed by atoms with E-state index in [2.05, 4.69) is 29.8 Å². The van der Waals surface area contributed by atoms with E-state index in [9.17, 15) is 19.5 Å². The van der Waals surface area contributed by atoms with Crippen molar-refractivity contribution in [2.75, 3.05) is 36.8 Å². The summed E-state index contributed by atoms with van der Waals surface area (Å²) in [6.45, 7) is 3.91. The maximum absolute atomic E-state index is 13.2. The third-order valence-corrected chi connectivity index (χ3v) is 12.4. The van der Waals surface area contributed by atoms with Crippen LogP contribution in [0.2, 0.25) is 0 Å². The Balaban J connectivity index is 0.764. The van der Waals surface area contributed by atoms with Gasteiger partial charge in [-0.1, -0.05) is 18.2 Å². The number of benzene rings is 3. The number of rotatable bonds is 7. The summed E-state index contributed by atoms with van der Waals surface area (Å²) >= 11 is 0. The lowest BCUT2D eigenvalue weighted by atomic mass is 9.66. The topological polar surface area (TPSA) is 172 Å². The van der Waals surface area contributed by atoms with Crippen LogP contribution in [0.4, 0.5) is 11.5 Å². The van der Waals surface area contributed by atoms with Crippen LogP contribution < -0.4 is 20.7 Å². The minimum Gasteiger partial charge on any atom is -0.457 e. The van der Waals surface area contributed by atoms with Gasteiger partial charge >= 0.3 is 0 Å². The second kappa shape index (κ2) is 12.9. The predicted molar refractivity (Wildman–Crippen MR) is 203 cm³/mol. The lowest BCUT2D eigenvalue weighted by Gasteiger charge is -2.59. The molecule has 0 radical (unpaired) electrons. The fraction of sp³-hybridized carbons (Fsp3) is 0.366. The summed E-state index contributed by atoms with van der Waals surface area (Å²) < 4.78 is 8.08. The first kappa shape index (κ1) is 33.7. The Morgan fingerprint density at radius 3 is 2.36 bits per heavy atom. The maximum Gasteiger partial charge on any atom is 0.257 e. The van der Waals surface area contributed by atoms with Gasteiger partial charge in [-0.2, -0.15) is 5.10 Å². The van der Waals surface area contributed by atoms with E-state index >= 15 is 0 Å². The average Bonchev–Trinajstić information content (AvgIpc) is 3.67. The van der Waals surface area contributed by atoms with Crippen LogP contribution in [0.25, 0.3) is 22.3 Å². The fourth-order valence-electron chi connectivity index (χ4n) is 9.32. The van der Waals surface area contributed by atoms with Crippen LogP contribution in [-0.4, -0.2) is 90.6 Å². The lowest BCUT2D eigenvalue weighted by Crippen LogP contribution is -2.69. The highest BCUT2D eigenvalue weighted by Crippen LogP contribution is 2.49. The largest absolute Gasteiger partial charge is 0.457 e. The number of likely N-dealkylation sites (tertiary alicyclic amines) is 1. The molecule has 5 aromatic rings. The molecule has 6 heterocycles. The first-order valence-electron chi connectivity index (χ1n) is 19.0. The number of hydrogen-bond acceptors (Lipinski definition) is 11. The Hall–Kier alpha value is -5.86. The average molecular weight is 740 g/mol. The molecule has 1 saturated carbocycles. The summed E-state index contributed by atoms with van der Waals surface area (Å²) in [6, 6.07) is 22.9. The van der Waals surface area contributed by atoms with Crippen molar-refractivity contribution >= 4 is 40.3 Å². The summed E-state index contributed by atoms with van der Waals surface area (Å²) in [7, 11) is 0. The van der Waals surface area contributed by atoms with Gasteiger partial charge in [0.15, 0.2) is 11.9 Å². The van der Waals surface area contributed by atoms with E-state index in [-0.39, 0.29) is 30.7 Å². The molecule has 0 bridgehead atoms. The molecule has 3 aromatic carbocycles. The number of hydrogen-bond donors (Lipinski definition) is 3. The number of nitrogens with two attached hydrogens (primary N) is 1. The molecule has 2 unspecified atom stereocenters. The predicted octanol–water partition coefficient (Wildman–Crippen LogP) is 4.43. The zero-order valence-corrected chi connectivity index (χ0v) is 30.2. The number of carbonyl (C=O) groups excluding carboxylic acids is 3. The SMILES string of the molecule is Nc1ncnc2c1c(-c1ccc(Oc3ccccc3)cc1)nn2C1CCC2(CC1)CN(C1CN(c3ccc4c(c3)C(O)N(C3CCC(=O)NC3=O)C4=O)C1)C2. The molecule has 3 saturated heterocycles. The first-order valence-corrected chi connectivity index (χ1v) is 19.0. The summed E-state index contributed by atoms with van der Waals surface area (Å²) in [5.74, 6) is 0.657. The van der Waals surface area contributed by atoms with Crippen molar-refractivity contribution in [1.29, 1.82) is 0 Å². The van der Waals surface area contributed by atoms with E-state index in [1.54, 1.807) is 6.07 Å². The van der Waals surface area contributed by atoms with Gasteiger partial charge in [0.2, 0.25) is 11.8 Å². The van der Waals surface area contributed by atoms with Crippen molar-refractivity contribution in [1.82, 2.24) is 34.9 Å².